The molecule has 2 rings (SSSR count). The Bertz CT molecular complexity index is 759. The number of anilines is 1. The van der Waals surface area contributed by atoms with Gasteiger partial charge in [-0.1, -0.05) is 15.9 Å². The van der Waals surface area contributed by atoms with Crippen molar-refractivity contribution >= 4 is 47.6 Å². The molecule has 1 aromatic carbocycles. The SMILES string of the molecule is Cc1cc(Br)c(S(=O)(=O)NCCn2cc(N)cn2)cc1Br. The molecular formula is C12H14Br2N4O2S. The Labute approximate surface area is 140 Å². The van der Waals surface area contributed by atoms with E-state index >= 15 is 0 Å². The summed E-state index contributed by atoms with van der Waals surface area (Å²) in [6.45, 7) is 2.52. The number of benzene rings is 1. The van der Waals surface area contributed by atoms with Crippen LogP contribution in [0.15, 0.2) is 38.4 Å². The lowest BCUT2D eigenvalue weighted by Crippen LogP contribution is -2.28. The average molecular weight is 438 g/mol. The molecule has 2 aromatic rings. The Morgan fingerprint density at radius 3 is 2.67 bits per heavy atom. The standard InChI is InChI=1S/C12H14Br2N4O2S/c1-8-4-11(14)12(5-10(8)13)21(19,20)17-2-3-18-7-9(15)6-16-18/h4-7,17H,2-3,15H2,1H3. The van der Waals surface area contributed by atoms with Gasteiger partial charge in [-0.2, -0.15) is 5.10 Å². The second-order valence-corrected chi connectivity index (χ2v) is 7.91. The van der Waals surface area contributed by atoms with Crippen LogP contribution >= 0.6 is 31.9 Å². The number of sulfonamides is 1. The van der Waals surface area contributed by atoms with Gasteiger partial charge in [0.2, 0.25) is 10.0 Å². The van der Waals surface area contributed by atoms with E-state index in [-0.39, 0.29) is 11.4 Å². The minimum absolute atomic E-state index is 0.194. The van der Waals surface area contributed by atoms with E-state index in [1.807, 2.05) is 6.92 Å². The van der Waals surface area contributed by atoms with Crippen LogP contribution in [0.25, 0.3) is 0 Å². The topological polar surface area (TPSA) is 90.0 Å². The molecule has 21 heavy (non-hydrogen) atoms. The number of hydrogen-bond donors (Lipinski definition) is 2. The molecule has 0 atom stereocenters. The highest BCUT2D eigenvalue weighted by Crippen LogP contribution is 2.28. The molecular weight excluding hydrogens is 424 g/mol. The first-order valence-electron chi connectivity index (χ1n) is 6.03. The number of aryl methyl sites for hydroxylation is 1. The molecule has 0 saturated heterocycles. The summed E-state index contributed by atoms with van der Waals surface area (Å²) in [5, 5.41) is 3.99. The van der Waals surface area contributed by atoms with Crippen LogP contribution in [0.1, 0.15) is 5.56 Å². The van der Waals surface area contributed by atoms with Crippen LogP contribution in [0.4, 0.5) is 5.69 Å². The van der Waals surface area contributed by atoms with Gasteiger partial charge in [-0.3, -0.25) is 4.68 Å². The van der Waals surface area contributed by atoms with Crippen molar-refractivity contribution in [1.82, 2.24) is 14.5 Å². The largest absolute Gasteiger partial charge is 0.396 e. The van der Waals surface area contributed by atoms with Crippen LogP contribution in [0.5, 0.6) is 0 Å². The fourth-order valence-corrected chi connectivity index (χ4v) is 4.40. The van der Waals surface area contributed by atoms with Gasteiger partial charge >= 0.3 is 0 Å². The van der Waals surface area contributed by atoms with Crippen molar-refractivity contribution in [3.8, 4) is 0 Å². The van der Waals surface area contributed by atoms with Crippen molar-refractivity contribution in [3.05, 3.63) is 39.0 Å². The third-order valence-electron chi connectivity index (χ3n) is 2.79. The quantitative estimate of drug-likeness (QED) is 0.750. The summed E-state index contributed by atoms with van der Waals surface area (Å²) in [7, 11) is -3.59. The second kappa shape index (κ2) is 6.47. The maximum atomic E-state index is 12.3. The van der Waals surface area contributed by atoms with Crippen LogP contribution in [0.2, 0.25) is 0 Å². The maximum Gasteiger partial charge on any atom is 0.241 e. The third-order valence-corrected chi connectivity index (χ3v) is 6.06. The van der Waals surface area contributed by atoms with E-state index in [1.165, 1.54) is 6.20 Å². The monoisotopic (exact) mass is 436 g/mol. The first kappa shape index (κ1) is 16.5. The van der Waals surface area contributed by atoms with E-state index in [4.69, 9.17) is 5.73 Å². The molecule has 0 spiro atoms. The van der Waals surface area contributed by atoms with Gasteiger partial charge in [0.25, 0.3) is 0 Å². The van der Waals surface area contributed by atoms with Crippen LogP contribution in [0, 0.1) is 6.92 Å². The maximum absolute atomic E-state index is 12.3. The van der Waals surface area contributed by atoms with Crippen molar-refractivity contribution < 1.29 is 8.42 Å². The number of aromatic nitrogens is 2. The minimum Gasteiger partial charge on any atom is -0.396 e. The highest BCUT2D eigenvalue weighted by atomic mass is 79.9. The van der Waals surface area contributed by atoms with Crippen molar-refractivity contribution in [2.24, 2.45) is 0 Å². The predicted octanol–water partition coefficient (Wildman–Crippen LogP) is 2.28. The molecule has 0 bridgehead atoms. The molecule has 0 aliphatic rings. The van der Waals surface area contributed by atoms with Gasteiger partial charge in [-0.15, -0.1) is 0 Å². The molecule has 0 saturated carbocycles. The van der Waals surface area contributed by atoms with Crippen LogP contribution in [-0.4, -0.2) is 24.7 Å². The summed E-state index contributed by atoms with van der Waals surface area (Å²) in [5.41, 5.74) is 7.04. The smallest absolute Gasteiger partial charge is 0.241 e. The molecule has 0 unspecified atom stereocenters. The molecule has 9 heteroatoms. The van der Waals surface area contributed by atoms with Crippen LogP contribution in [-0.2, 0) is 16.6 Å². The molecule has 6 nitrogen and oxygen atoms in total. The Morgan fingerprint density at radius 2 is 2.05 bits per heavy atom. The molecule has 0 fully saturated rings. The number of rotatable bonds is 5. The lowest BCUT2D eigenvalue weighted by atomic mass is 10.2. The van der Waals surface area contributed by atoms with E-state index in [0.29, 0.717) is 16.7 Å². The molecule has 0 radical (unpaired) electrons. The number of nitrogen functional groups attached to an aromatic ring is 1. The van der Waals surface area contributed by atoms with E-state index < -0.39 is 10.0 Å². The van der Waals surface area contributed by atoms with E-state index in [9.17, 15) is 8.42 Å². The van der Waals surface area contributed by atoms with Gasteiger partial charge in [0.1, 0.15) is 0 Å². The number of halogens is 2. The van der Waals surface area contributed by atoms with Crippen molar-refractivity contribution in [2.45, 2.75) is 18.4 Å². The van der Waals surface area contributed by atoms with Gasteiger partial charge < -0.3 is 5.73 Å². The molecule has 0 aliphatic heterocycles. The van der Waals surface area contributed by atoms with Gasteiger partial charge in [-0.05, 0) is 40.5 Å². The molecule has 114 valence electrons. The first-order valence-corrected chi connectivity index (χ1v) is 9.10. The fraction of sp³-hybridized carbons (Fsp3) is 0.250. The van der Waals surface area contributed by atoms with E-state index in [0.717, 1.165) is 10.0 Å². The predicted molar refractivity (Wildman–Crippen MR) is 88.4 cm³/mol. The Hall–Kier alpha value is -0.900. The number of nitrogens with one attached hydrogen (secondary N) is 1. The van der Waals surface area contributed by atoms with Crippen LogP contribution < -0.4 is 10.5 Å². The van der Waals surface area contributed by atoms with Gasteiger partial charge in [0.15, 0.2) is 0 Å². The summed E-state index contributed by atoms with van der Waals surface area (Å²) >= 11 is 6.62. The number of hydrogen-bond acceptors (Lipinski definition) is 4. The first-order chi connectivity index (χ1) is 9.79. The van der Waals surface area contributed by atoms with Gasteiger partial charge in [0.05, 0.1) is 23.3 Å². The van der Waals surface area contributed by atoms with Crippen LogP contribution in [0.3, 0.4) is 0 Å². The molecule has 0 aliphatic carbocycles. The van der Waals surface area contributed by atoms with Crippen molar-refractivity contribution in [1.29, 1.82) is 0 Å². The van der Waals surface area contributed by atoms with Gasteiger partial charge in [-0.25, -0.2) is 13.1 Å². The lowest BCUT2D eigenvalue weighted by Gasteiger charge is -2.10. The zero-order valence-corrected chi connectivity index (χ0v) is 15.2. The average Bonchev–Trinajstić information content (AvgIpc) is 2.79. The Kier molecular flexibility index (Phi) is 5.07. The zero-order valence-electron chi connectivity index (χ0n) is 11.2. The minimum atomic E-state index is -3.59. The van der Waals surface area contributed by atoms with E-state index in [2.05, 4.69) is 41.7 Å². The molecule has 3 N–H and O–H groups in total. The number of nitrogens with zero attached hydrogens (tertiary/aromatic N) is 2. The van der Waals surface area contributed by atoms with E-state index in [1.54, 1.807) is 23.0 Å². The summed E-state index contributed by atoms with van der Waals surface area (Å²) in [4.78, 5) is 0.194. The highest BCUT2D eigenvalue weighted by molar-refractivity contribution is 9.11. The molecule has 1 heterocycles. The highest BCUT2D eigenvalue weighted by Gasteiger charge is 2.18. The Morgan fingerprint density at radius 1 is 1.33 bits per heavy atom. The summed E-state index contributed by atoms with van der Waals surface area (Å²) < 4.78 is 30.0. The summed E-state index contributed by atoms with van der Waals surface area (Å²) in [6, 6.07) is 3.33. The second-order valence-electron chi connectivity index (χ2n) is 4.47. The summed E-state index contributed by atoms with van der Waals surface area (Å²) in [5.74, 6) is 0. The van der Waals surface area contributed by atoms with Gasteiger partial charge in [0, 0.05) is 21.7 Å². The zero-order chi connectivity index (χ0) is 15.6. The fourth-order valence-electron chi connectivity index (χ4n) is 1.71. The lowest BCUT2D eigenvalue weighted by molar-refractivity contribution is 0.560. The number of nitrogens with two attached hydrogens (primary N) is 1. The molecule has 1 aromatic heterocycles. The Balaban J connectivity index is 2.10. The summed E-state index contributed by atoms with van der Waals surface area (Å²) in [6.07, 6.45) is 3.16. The third kappa shape index (κ3) is 4.06. The van der Waals surface area contributed by atoms with Crippen molar-refractivity contribution in [3.63, 3.8) is 0 Å². The normalized spacial score (nSPS) is 11.8. The molecule has 0 amide bonds. The van der Waals surface area contributed by atoms with Crippen molar-refractivity contribution in [2.75, 3.05) is 12.3 Å².